The number of aromatic nitrogens is 3. The van der Waals surface area contributed by atoms with Crippen molar-refractivity contribution < 1.29 is 4.74 Å². The Morgan fingerprint density at radius 1 is 1.32 bits per heavy atom. The van der Waals surface area contributed by atoms with Crippen LogP contribution in [-0.4, -0.2) is 21.3 Å². The molecule has 0 bridgehead atoms. The van der Waals surface area contributed by atoms with E-state index in [0.717, 1.165) is 34.7 Å². The van der Waals surface area contributed by atoms with Crippen molar-refractivity contribution >= 4 is 0 Å². The second-order valence-electron chi connectivity index (χ2n) is 4.73. The number of ether oxygens (including phenoxy) is 1. The zero-order valence-electron chi connectivity index (χ0n) is 11.9. The molecule has 0 fully saturated rings. The maximum atomic E-state index is 5.90. The van der Waals surface area contributed by atoms with Crippen molar-refractivity contribution in [2.45, 2.75) is 27.2 Å². The molecule has 19 heavy (non-hydrogen) atoms. The Balaban J connectivity index is 2.28. The lowest BCUT2D eigenvalue weighted by Crippen LogP contribution is -2.04. The van der Waals surface area contributed by atoms with Gasteiger partial charge in [-0.2, -0.15) is 5.10 Å². The predicted molar refractivity (Wildman–Crippen MR) is 74.5 cm³/mol. The summed E-state index contributed by atoms with van der Waals surface area (Å²) in [5.74, 6) is 1.41. The molecule has 2 aromatic heterocycles. The highest BCUT2D eigenvalue weighted by Crippen LogP contribution is 2.28. The van der Waals surface area contributed by atoms with Gasteiger partial charge in [0.05, 0.1) is 5.69 Å². The van der Waals surface area contributed by atoms with Crippen molar-refractivity contribution in [3.05, 3.63) is 34.8 Å². The van der Waals surface area contributed by atoms with Gasteiger partial charge in [0, 0.05) is 18.8 Å². The summed E-state index contributed by atoms with van der Waals surface area (Å²) in [7, 11) is 1.90. The van der Waals surface area contributed by atoms with Gasteiger partial charge >= 0.3 is 0 Å². The van der Waals surface area contributed by atoms with E-state index in [2.05, 4.69) is 16.1 Å². The minimum atomic E-state index is 0.625. The van der Waals surface area contributed by atoms with Crippen LogP contribution in [0.15, 0.2) is 12.3 Å². The van der Waals surface area contributed by atoms with Crippen LogP contribution in [0.2, 0.25) is 0 Å². The zero-order chi connectivity index (χ0) is 14.0. The van der Waals surface area contributed by atoms with Gasteiger partial charge < -0.3 is 10.5 Å². The second kappa shape index (κ2) is 5.40. The third-order valence-corrected chi connectivity index (χ3v) is 3.16. The first-order chi connectivity index (χ1) is 9.02. The maximum absolute atomic E-state index is 5.90. The lowest BCUT2D eigenvalue weighted by Gasteiger charge is -2.09. The van der Waals surface area contributed by atoms with E-state index in [4.69, 9.17) is 10.5 Å². The molecule has 5 nitrogen and oxygen atoms in total. The van der Waals surface area contributed by atoms with Crippen LogP contribution in [-0.2, 0) is 13.5 Å². The topological polar surface area (TPSA) is 66.0 Å². The van der Waals surface area contributed by atoms with Gasteiger partial charge in [-0.1, -0.05) is 0 Å². The average molecular weight is 260 g/mol. The van der Waals surface area contributed by atoms with Gasteiger partial charge in [-0.3, -0.25) is 4.68 Å². The standard InChI is InChI=1S/C14H20N4O/c1-9-7-12(5-6-15)8-16-14(9)19-13-10(2)17-18(4)11(13)3/h7-8H,5-6,15H2,1-4H3. The molecule has 2 heterocycles. The molecule has 0 aliphatic rings. The number of pyridine rings is 1. The highest BCUT2D eigenvalue weighted by atomic mass is 16.5. The highest BCUT2D eigenvalue weighted by Gasteiger charge is 2.13. The number of nitrogens with two attached hydrogens (primary N) is 1. The van der Waals surface area contributed by atoms with Gasteiger partial charge in [0.2, 0.25) is 5.88 Å². The first-order valence-corrected chi connectivity index (χ1v) is 6.36. The molecule has 0 aliphatic heterocycles. The van der Waals surface area contributed by atoms with Crippen molar-refractivity contribution in [2.75, 3.05) is 6.54 Å². The molecular formula is C14H20N4O. The van der Waals surface area contributed by atoms with E-state index < -0.39 is 0 Å². The molecule has 0 saturated carbocycles. The molecule has 2 rings (SSSR count). The van der Waals surface area contributed by atoms with E-state index in [1.807, 2.05) is 38.7 Å². The maximum Gasteiger partial charge on any atom is 0.222 e. The molecule has 0 saturated heterocycles. The van der Waals surface area contributed by atoms with E-state index >= 15 is 0 Å². The first kappa shape index (κ1) is 13.5. The van der Waals surface area contributed by atoms with Gasteiger partial charge in [-0.15, -0.1) is 0 Å². The first-order valence-electron chi connectivity index (χ1n) is 6.36. The van der Waals surface area contributed by atoms with Crippen LogP contribution in [0.5, 0.6) is 11.6 Å². The summed E-state index contributed by atoms with van der Waals surface area (Å²) in [6.07, 6.45) is 2.65. The van der Waals surface area contributed by atoms with Crippen LogP contribution in [0, 0.1) is 20.8 Å². The number of hydrogen-bond acceptors (Lipinski definition) is 4. The monoisotopic (exact) mass is 260 g/mol. The fourth-order valence-electron chi connectivity index (χ4n) is 2.03. The van der Waals surface area contributed by atoms with Crippen molar-refractivity contribution in [3.8, 4) is 11.6 Å². The lowest BCUT2D eigenvalue weighted by atomic mass is 10.1. The minimum Gasteiger partial charge on any atom is -0.435 e. The average Bonchev–Trinajstić information content (AvgIpc) is 2.59. The number of hydrogen-bond donors (Lipinski definition) is 1. The molecule has 0 aromatic carbocycles. The summed E-state index contributed by atoms with van der Waals surface area (Å²) in [4.78, 5) is 4.37. The normalized spacial score (nSPS) is 10.8. The minimum absolute atomic E-state index is 0.625. The van der Waals surface area contributed by atoms with Crippen molar-refractivity contribution in [3.63, 3.8) is 0 Å². The van der Waals surface area contributed by atoms with Crippen LogP contribution in [0.25, 0.3) is 0 Å². The van der Waals surface area contributed by atoms with E-state index in [9.17, 15) is 0 Å². The van der Waals surface area contributed by atoms with Crippen LogP contribution >= 0.6 is 0 Å². The third-order valence-electron chi connectivity index (χ3n) is 3.16. The lowest BCUT2D eigenvalue weighted by molar-refractivity contribution is 0.451. The molecule has 5 heteroatoms. The van der Waals surface area contributed by atoms with Crippen LogP contribution in [0.1, 0.15) is 22.5 Å². The quantitative estimate of drug-likeness (QED) is 0.913. The molecule has 0 spiro atoms. The van der Waals surface area contributed by atoms with Crippen LogP contribution < -0.4 is 10.5 Å². The molecule has 102 valence electrons. The molecule has 0 aliphatic carbocycles. The van der Waals surface area contributed by atoms with E-state index in [1.54, 1.807) is 0 Å². The molecule has 0 atom stereocenters. The SMILES string of the molecule is Cc1cc(CCN)cnc1Oc1c(C)nn(C)c1C. The third kappa shape index (κ3) is 2.76. The second-order valence-corrected chi connectivity index (χ2v) is 4.73. The number of aryl methyl sites for hydroxylation is 3. The van der Waals surface area contributed by atoms with Gasteiger partial charge in [0.15, 0.2) is 5.75 Å². The van der Waals surface area contributed by atoms with Gasteiger partial charge in [-0.05, 0) is 45.4 Å². The van der Waals surface area contributed by atoms with E-state index in [0.29, 0.717) is 12.4 Å². The molecular weight excluding hydrogens is 240 g/mol. The fourth-order valence-corrected chi connectivity index (χ4v) is 2.03. The Labute approximate surface area is 113 Å². The molecule has 0 unspecified atom stereocenters. The number of nitrogens with zero attached hydrogens (tertiary/aromatic N) is 3. The van der Waals surface area contributed by atoms with Crippen molar-refractivity contribution in [1.29, 1.82) is 0 Å². The summed E-state index contributed by atoms with van der Waals surface area (Å²) in [6.45, 7) is 6.53. The summed E-state index contributed by atoms with van der Waals surface area (Å²) in [5, 5.41) is 4.33. The van der Waals surface area contributed by atoms with Crippen LogP contribution in [0.3, 0.4) is 0 Å². The molecule has 0 amide bonds. The summed E-state index contributed by atoms with van der Waals surface area (Å²) in [5.41, 5.74) is 9.54. The Morgan fingerprint density at radius 2 is 2.05 bits per heavy atom. The van der Waals surface area contributed by atoms with Gasteiger partial charge in [0.1, 0.15) is 5.69 Å². The Kier molecular flexibility index (Phi) is 3.85. The van der Waals surface area contributed by atoms with E-state index in [-0.39, 0.29) is 0 Å². The number of rotatable bonds is 4. The molecule has 2 aromatic rings. The Bertz CT molecular complexity index is 589. The Morgan fingerprint density at radius 3 is 2.58 bits per heavy atom. The van der Waals surface area contributed by atoms with Crippen molar-refractivity contribution in [1.82, 2.24) is 14.8 Å². The van der Waals surface area contributed by atoms with Gasteiger partial charge in [0.25, 0.3) is 0 Å². The predicted octanol–water partition coefficient (Wildman–Crippen LogP) is 2.03. The largest absolute Gasteiger partial charge is 0.435 e. The summed E-state index contributed by atoms with van der Waals surface area (Å²) >= 11 is 0. The van der Waals surface area contributed by atoms with Gasteiger partial charge in [-0.25, -0.2) is 4.98 Å². The van der Waals surface area contributed by atoms with Crippen LogP contribution in [0.4, 0.5) is 0 Å². The Hall–Kier alpha value is -1.88. The highest BCUT2D eigenvalue weighted by molar-refractivity contribution is 5.38. The zero-order valence-corrected chi connectivity index (χ0v) is 11.9. The summed E-state index contributed by atoms with van der Waals surface area (Å²) in [6, 6.07) is 2.07. The molecule has 2 N–H and O–H groups in total. The fraction of sp³-hybridized carbons (Fsp3) is 0.429. The van der Waals surface area contributed by atoms with Crippen molar-refractivity contribution in [2.24, 2.45) is 12.8 Å². The smallest absolute Gasteiger partial charge is 0.222 e. The summed E-state index contributed by atoms with van der Waals surface area (Å²) < 4.78 is 7.71. The molecule has 0 radical (unpaired) electrons. The van der Waals surface area contributed by atoms with E-state index in [1.165, 1.54) is 0 Å².